The summed E-state index contributed by atoms with van der Waals surface area (Å²) in [5, 5.41) is 11.0. The van der Waals surface area contributed by atoms with Gasteiger partial charge in [0, 0.05) is 17.3 Å². The summed E-state index contributed by atoms with van der Waals surface area (Å²) in [5.41, 5.74) is 1.77. The lowest BCUT2D eigenvalue weighted by Crippen LogP contribution is -2.08. The summed E-state index contributed by atoms with van der Waals surface area (Å²) >= 11 is 0. The van der Waals surface area contributed by atoms with E-state index in [1.807, 2.05) is 31.2 Å². The molecular formula is C13H13NO2. The lowest BCUT2D eigenvalue weighted by atomic mass is 9.95. The maximum absolute atomic E-state index is 11.0. The molecule has 1 atom stereocenters. The van der Waals surface area contributed by atoms with Crippen molar-refractivity contribution in [3.63, 3.8) is 0 Å². The maximum Gasteiger partial charge on any atom is 0.310 e. The van der Waals surface area contributed by atoms with Crippen molar-refractivity contribution >= 4 is 16.7 Å². The van der Waals surface area contributed by atoms with Gasteiger partial charge in [-0.25, -0.2) is 0 Å². The van der Waals surface area contributed by atoms with E-state index in [2.05, 4.69) is 4.98 Å². The number of nitrogens with zero attached hydrogens (tertiary/aromatic N) is 1. The molecule has 2 aromatic rings. The number of aliphatic carboxylic acids is 1. The minimum atomic E-state index is -0.804. The van der Waals surface area contributed by atoms with Crippen LogP contribution in [0.2, 0.25) is 0 Å². The molecule has 16 heavy (non-hydrogen) atoms. The van der Waals surface area contributed by atoms with Crippen molar-refractivity contribution in [2.24, 2.45) is 0 Å². The van der Waals surface area contributed by atoms with Gasteiger partial charge in [0.05, 0.1) is 5.92 Å². The zero-order valence-corrected chi connectivity index (χ0v) is 9.27. The Morgan fingerprint density at radius 1 is 1.31 bits per heavy atom. The number of carboxylic acid groups (broad SMARTS) is 1. The second-order valence-corrected chi connectivity index (χ2v) is 3.90. The average Bonchev–Trinajstić information content (AvgIpc) is 2.28. The average molecular weight is 215 g/mol. The number of benzene rings is 1. The van der Waals surface area contributed by atoms with Crippen LogP contribution in [0, 0.1) is 6.92 Å². The van der Waals surface area contributed by atoms with Gasteiger partial charge >= 0.3 is 5.97 Å². The molecule has 1 aromatic heterocycles. The van der Waals surface area contributed by atoms with Gasteiger partial charge in [0.25, 0.3) is 0 Å². The molecule has 0 fully saturated rings. The monoisotopic (exact) mass is 215 g/mol. The Hall–Kier alpha value is -1.90. The van der Waals surface area contributed by atoms with Crippen LogP contribution in [0.5, 0.6) is 0 Å². The molecule has 2 rings (SSSR count). The van der Waals surface area contributed by atoms with E-state index in [4.69, 9.17) is 5.11 Å². The molecule has 1 unspecified atom stereocenters. The number of carboxylic acids is 1. The Balaban J connectivity index is 2.72. The molecule has 3 nitrogen and oxygen atoms in total. The summed E-state index contributed by atoms with van der Waals surface area (Å²) in [6.07, 6.45) is 1.72. The van der Waals surface area contributed by atoms with Gasteiger partial charge in [-0.3, -0.25) is 9.78 Å². The number of rotatable bonds is 2. The van der Waals surface area contributed by atoms with Gasteiger partial charge in [-0.05, 0) is 30.9 Å². The second kappa shape index (κ2) is 3.93. The van der Waals surface area contributed by atoms with Crippen molar-refractivity contribution in [1.82, 2.24) is 4.98 Å². The Labute approximate surface area is 93.7 Å². The molecule has 3 heteroatoms. The third-order valence-corrected chi connectivity index (χ3v) is 2.88. The number of pyridine rings is 1. The zero-order chi connectivity index (χ0) is 11.7. The number of hydrogen-bond donors (Lipinski definition) is 1. The molecule has 1 N–H and O–H groups in total. The Kier molecular flexibility index (Phi) is 2.60. The van der Waals surface area contributed by atoms with Crippen LogP contribution < -0.4 is 0 Å². The highest BCUT2D eigenvalue weighted by molar-refractivity contribution is 5.91. The quantitative estimate of drug-likeness (QED) is 0.838. The fourth-order valence-corrected chi connectivity index (χ4v) is 1.89. The van der Waals surface area contributed by atoms with E-state index < -0.39 is 11.9 Å². The summed E-state index contributed by atoms with van der Waals surface area (Å²) < 4.78 is 0. The Morgan fingerprint density at radius 2 is 2.06 bits per heavy atom. The van der Waals surface area contributed by atoms with Crippen molar-refractivity contribution in [2.75, 3.05) is 0 Å². The Morgan fingerprint density at radius 3 is 2.75 bits per heavy atom. The van der Waals surface area contributed by atoms with E-state index in [-0.39, 0.29) is 0 Å². The van der Waals surface area contributed by atoms with E-state index in [1.54, 1.807) is 13.1 Å². The molecule has 0 radical (unpaired) electrons. The van der Waals surface area contributed by atoms with Gasteiger partial charge in [0.1, 0.15) is 0 Å². The molecule has 0 saturated heterocycles. The first kappa shape index (κ1) is 10.6. The molecule has 0 bridgehead atoms. The zero-order valence-electron chi connectivity index (χ0n) is 9.27. The minimum absolute atomic E-state index is 0.495. The van der Waals surface area contributed by atoms with Crippen LogP contribution in [0.4, 0.5) is 0 Å². The van der Waals surface area contributed by atoms with Crippen LogP contribution in [0.1, 0.15) is 24.1 Å². The summed E-state index contributed by atoms with van der Waals surface area (Å²) in [6, 6.07) is 7.58. The van der Waals surface area contributed by atoms with Crippen molar-refractivity contribution in [3.8, 4) is 0 Å². The highest BCUT2D eigenvalue weighted by atomic mass is 16.4. The third kappa shape index (κ3) is 1.65. The van der Waals surface area contributed by atoms with Gasteiger partial charge in [0.15, 0.2) is 0 Å². The van der Waals surface area contributed by atoms with Gasteiger partial charge in [0.2, 0.25) is 0 Å². The first-order chi connectivity index (χ1) is 7.61. The normalized spacial score (nSPS) is 12.6. The minimum Gasteiger partial charge on any atom is -0.481 e. The van der Waals surface area contributed by atoms with E-state index >= 15 is 0 Å². The lowest BCUT2D eigenvalue weighted by Gasteiger charge is -2.11. The van der Waals surface area contributed by atoms with E-state index in [0.717, 1.165) is 22.0 Å². The first-order valence-electron chi connectivity index (χ1n) is 5.18. The van der Waals surface area contributed by atoms with Gasteiger partial charge in [-0.1, -0.05) is 18.2 Å². The molecule has 0 aliphatic heterocycles. The molecule has 1 aromatic carbocycles. The van der Waals surface area contributed by atoms with Crippen LogP contribution in [0.25, 0.3) is 10.8 Å². The largest absolute Gasteiger partial charge is 0.481 e. The van der Waals surface area contributed by atoms with Crippen LogP contribution in [-0.4, -0.2) is 16.1 Å². The van der Waals surface area contributed by atoms with Crippen molar-refractivity contribution in [1.29, 1.82) is 0 Å². The fourth-order valence-electron chi connectivity index (χ4n) is 1.89. The number of aromatic nitrogens is 1. The molecule has 0 aliphatic rings. The predicted molar refractivity (Wildman–Crippen MR) is 62.5 cm³/mol. The van der Waals surface area contributed by atoms with Crippen LogP contribution in [-0.2, 0) is 4.79 Å². The standard InChI is InChI=1S/C13H13NO2/c1-8(13(15)16)10-4-3-5-11-9(2)14-7-6-12(10)11/h3-8H,1-2H3,(H,15,16). The SMILES string of the molecule is Cc1nccc2c(C(C)C(=O)O)cccc12. The summed E-state index contributed by atoms with van der Waals surface area (Å²) in [5.74, 6) is -1.30. The lowest BCUT2D eigenvalue weighted by molar-refractivity contribution is -0.138. The second-order valence-electron chi connectivity index (χ2n) is 3.90. The molecule has 0 aliphatic carbocycles. The highest BCUT2D eigenvalue weighted by Crippen LogP contribution is 2.26. The number of fused-ring (bicyclic) bond motifs is 1. The van der Waals surface area contributed by atoms with Crippen LogP contribution >= 0.6 is 0 Å². The number of aryl methyl sites for hydroxylation is 1. The van der Waals surface area contributed by atoms with Crippen LogP contribution in [0.3, 0.4) is 0 Å². The van der Waals surface area contributed by atoms with Gasteiger partial charge in [-0.15, -0.1) is 0 Å². The van der Waals surface area contributed by atoms with E-state index in [9.17, 15) is 4.79 Å². The molecule has 0 saturated carbocycles. The topological polar surface area (TPSA) is 50.2 Å². The molecule has 1 heterocycles. The third-order valence-electron chi connectivity index (χ3n) is 2.88. The number of carbonyl (C=O) groups is 1. The van der Waals surface area contributed by atoms with Gasteiger partial charge in [-0.2, -0.15) is 0 Å². The highest BCUT2D eigenvalue weighted by Gasteiger charge is 2.16. The van der Waals surface area contributed by atoms with Crippen LogP contribution in [0.15, 0.2) is 30.5 Å². The summed E-state index contributed by atoms with van der Waals surface area (Å²) in [6.45, 7) is 3.63. The van der Waals surface area contributed by atoms with E-state index in [0.29, 0.717) is 0 Å². The molecule has 0 amide bonds. The van der Waals surface area contributed by atoms with Crippen molar-refractivity contribution in [2.45, 2.75) is 19.8 Å². The smallest absolute Gasteiger partial charge is 0.310 e. The molecule has 0 spiro atoms. The van der Waals surface area contributed by atoms with E-state index in [1.165, 1.54) is 0 Å². The molecular weight excluding hydrogens is 202 g/mol. The summed E-state index contributed by atoms with van der Waals surface area (Å²) in [7, 11) is 0. The first-order valence-corrected chi connectivity index (χ1v) is 5.18. The maximum atomic E-state index is 11.0. The van der Waals surface area contributed by atoms with Crippen molar-refractivity contribution in [3.05, 3.63) is 41.7 Å². The number of hydrogen-bond acceptors (Lipinski definition) is 2. The predicted octanol–water partition coefficient (Wildman–Crippen LogP) is 2.73. The van der Waals surface area contributed by atoms with Gasteiger partial charge < -0.3 is 5.11 Å². The van der Waals surface area contributed by atoms with Crippen molar-refractivity contribution < 1.29 is 9.90 Å². The Bertz CT molecular complexity index is 549. The fraction of sp³-hybridized carbons (Fsp3) is 0.231. The molecule has 82 valence electrons. The summed E-state index contributed by atoms with van der Waals surface area (Å²) in [4.78, 5) is 15.2.